The van der Waals surface area contributed by atoms with Crippen LogP contribution in [0.4, 0.5) is 5.69 Å². The Bertz CT molecular complexity index is 1410. The van der Waals surface area contributed by atoms with E-state index in [0.29, 0.717) is 37.4 Å². The van der Waals surface area contributed by atoms with Gasteiger partial charge in [0.15, 0.2) is 0 Å². The summed E-state index contributed by atoms with van der Waals surface area (Å²) in [7, 11) is -3.70. The highest BCUT2D eigenvalue weighted by Crippen LogP contribution is 2.28. The summed E-state index contributed by atoms with van der Waals surface area (Å²) < 4.78 is 35.8. The van der Waals surface area contributed by atoms with E-state index in [1.807, 2.05) is 37.3 Å². The molecule has 0 saturated carbocycles. The van der Waals surface area contributed by atoms with Gasteiger partial charge in [-0.1, -0.05) is 42.5 Å². The molecule has 0 unspecified atom stereocenters. The summed E-state index contributed by atoms with van der Waals surface area (Å²) in [6, 6.07) is 23.6. The number of nitrogens with zero attached hydrogens (tertiary/aromatic N) is 3. The Balaban J connectivity index is 1.69. The van der Waals surface area contributed by atoms with Crippen LogP contribution >= 0.6 is 0 Å². The summed E-state index contributed by atoms with van der Waals surface area (Å²) in [6.07, 6.45) is 1.18. The number of anilines is 1. The highest BCUT2D eigenvalue weighted by Gasteiger charge is 2.17. The average Bonchev–Trinajstić information content (AvgIpc) is 3.20. The normalized spacial score (nSPS) is 11.4. The van der Waals surface area contributed by atoms with Gasteiger partial charge in [-0.05, 0) is 49.2 Å². The van der Waals surface area contributed by atoms with Gasteiger partial charge in [0.2, 0.25) is 0 Å². The molecule has 3 aromatic carbocycles. The third-order valence-electron chi connectivity index (χ3n) is 5.42. The molecule has 0 aliphatic rings. The lowest BCUT2D eigenvalue weighted by Gasteiger charge is -2.11. The number of aryl methyl sites for hydroxylation is 1. The van der Waals surface area contributed by atoms with Crippen LogP contribution in [0.1, 0.15) is 18.9 Å². The maximum Gasteiger partial charge on any atom is 0.261 e. The summed E-state index contributed by atoms with van der Waals surface area (Å²) in [5, 5.41) is 8.94. The van der Waals surface area contributed by atoms with Crippen LogP contribution in [-0.4, -0.2) is 31.2 Å². The number of nitriles is 1. The van der Waals surface area contributed by atoms with E-state index in [1.165, 1.54) is 0 Å². The summed E-state index contributed by atoms with van der Waals surface area (Å²) in [5.74, 6) is 0.790. The molecule has 0 aliphatic heterocycles. The molecule has 1 aromatic heterocycles. The number of sulfonamides is 1. The lowest BCUT2D eigenvalue weighted by atomic mass is 10.1. The van der Waals surface area contributed by atoms with Crippen LogP contribution < -0.4 is 4.72 Å². The van der Waals surface area contributed by atoms with Gasteiger partial charge >= 0.3 is 0 Å². The maximum atomic E-state index is 12.7. The number of aromatic nitrogens is 2. The first-order valence-electron chi connectivity index (χ1n) is 11.1. The molecule has 0 fully saturated rings. The molecular formula is C26H26N4O3S. The molecule has 4 rings (SSSR count). The van der Waals surface area contributed by atoms with E-state index in [0.717, 1.165) is 28.9 Å². The Hall–Kier alpha value is -3.67. The minimum absolute atomic E-state index is 0.203. The van der Waals surface area contributed by atoms with Crippen LogP contribution in [0.15, 0.2) is 77.7 Å². The van der Waals surface area contributed by atoms with Gasteiger partial charge < -0.3 is 9.30 Å². The average molecular weight is 475 g/mol. The Labute approximate surface area is 199 Å². The number of hydrogen-bond donors (Lipinski definition) is 1. The molecule has 7 nitrogen and oxygen atoms in total. The van der Waals surface area contributed by atoms with Crippen molar-refractivity contribution < 1.29 is 13.2 Å². The van der Waals surface area contributed by atoms with Crippen molar-refractivity contribution in [2.75, 3.05) is 17.9 Å². The molecule has 0 amide bonds. The molecule has 34 heavy (non-hydrogen) atoms. The van der Waals surface area contributed by atoms with Crippen molar-refractivity contribution in [3.05, 3.63) is 78.4 Å². The third-order valence-corrected chi connectivity index (χ3v) is 6.82. The van der Waals surface area contributed by atoms with Crippen molar-refractivity contribution in [1.29, 1.82) is 5.26 Å². The van der Waals surface area contributed by atoms with Crippen molar-refractivity contribution >= 4 is 26.7 Å². The quantitative estimate of drug-likeness (QED) is 0.326. The zero-order valence-corrected chi connectivity index (χ0v) is 19.8. The smallest absolute Gasteiger partial charge is 0.261 e. The van der Waals surface area contributed by atoms with Gasteiger partial charge in [0.05, 0.1) is 34.1 Å². The first-order valence-corrected chi connectivity index (χ1v) is 12.6. The first kappa shape index (κ1) is 23.5. The van der Waals surface area contributed by atoms with E-state index in [-0.39, 0.29) is 4.90 Å². The number of hydrogen-bond acceptors (Lipinski definition) is 5. The van der Waals surface area contributed by atoms with Gasteiger partial charge in [-0.25, -0.2) is 13.4 Å². The fourth-order valence-corrected chi connectivity index (χ4v) is 4.86. The molecule has 4 aromatic rings. The fourth-order valence-electron chi connectivity index (χ4n) is 3.79. The van der Waals surface area contributed by atoms with Gasteiger partial charge in [0.1, 0.15) is 5.82 Å². The van der Waals surface area contributed by atoms with Crippen LogP contribution in [0.25, 0.3) is 22.4 Å². The Morgan fingerprint density at radius 3 is 2.53 bits per heavy atom. The van der Waals surface area contributed by atoms with E-state index in [4.69, 9.17) is 15.0 Å². The number of nitrogens with one attached hydrogen (secondary N) is 1. The predicted molar refractivity (Wildman–Crippen MR) is 133 cm³/mol. The molecule has 0 aliphatic carbocycles. The second kappa shape index (κ2) is 10.5. The summed E-state index contributed by atoms with van der Waals surface area (Å²) >= 11 is 0. The number of rotatable bonds is 10. The van der Waals surface area contributed by atoms with E-state index < -0.39 is 10.0 Å². The molecule has 1 N–H and O–H groups in total. The van der Waals surface area contributed by atoms with Gasteiger partial charge in [-0.3, -0.25) is 4.72 Å². The zero-order chi connectivity index (χ0) is 24.0. The Morgan fingerprint density at radius 2 is 1.82 bits per heavy atom. The Morgan fingerprint density at radius 1 is 1.06 bits per heavy atom. The van der Waals surface area contributed by atoms with Crippen molar-refractivity contribution in [2.24, 2.45) is 0 Å². The van der Waals surface area contributed by atoms with Gasteiger partial charge in [-0.15, -0.1) is 0 Å². The largest absolute Gasteiger partial charge is 0.382 e. The number of benzene rings is 3. The monoisotopic (exact) mass is 474 g/mol. The van der Waals surface area contributed by atoms with Crippen LogP contribution in [0.2, 0.25) is 0 Å². The topological polar surface area (TPSA) is 97.0 Å². The van der Waals surface area contributed by atoms with Crippen molar-refractivity contribution in [3.8, 4) is 17.5 Å². The van der Waals surface area contributed by atoms with Crippen molar-refractivity contribution in [3.63, 3.8) is 0 Å². The van der Waals surface area contributed by atoms with Crippen molar-refractivity contribution in [2.45, 2.75) is 31.2 Å². The number of fused-ring (bicyclic) bond motifs is 1. The summed E-state index contributed by atoms with van der Waals surface area (Å²) in [5.41, 5.74) is 3.94. The molecule has 0 bridgehead atoms. The molecule has 0 radical (unpaired) electrons. The third kappa shape index (κ3) is 5.28. The van der Waals surface area contributed by atoms with E-state index >= 15 is 0 Å². The lowest BCUT2D eigenvalue weighted by molar-refractivity contribution is 0.142. The SMILES string of the molecule is CCOCCCn1c(-c2ccc(CC#N)cc2)nc2cc(NS(=O)(=O)c3ccccc3)ccc21. The second-order valence-electron chi connectivity index (χ2n) is 7.79. The van der Waals surface area contributed by atoms with Crippen molar-refractivity contribution in [1.82, 2.24) is 9.55 Å². The minimum Gasteiger partial charge on any atom is -0.382 e. The van der Waals surface area contributed by atoms with Gasteiger partial charge in [0.25, 0.3) is 10.0 Å². The molecular weight excluding hydrogens is 448 g/mol. The molecule has 0 spiro atoms. The fraction of sp³-hybridized carbons (Fsp3) is 0.231. The second-order valence-corrected chi connectivity index (χ2v) is 9.47. The van der Waals surface area contributed by atoms with Gasteiger partial charge in [0, 0.05) is 25.3 Å². The standard InChI is InChI=1S/C26H26N4O3S/c1-2-33-18-6-17-30-25-14-13-22(29-34(31,32)23-7-4-3-5-8-23)19-24(25)28-26(30)21-11-9-20(10-12-21)15-16-27/h3-5,7-14,19,29H,2,6,15,17-18H2,1H3. The Kier molecular flexibility index (Phi) is 7.26. The highest BCUT2D eigenvalue weighted by atomic mass is 32.2. The molecule has 8 heteroatoms. The molecule has 0 atom stereocenters. The predicted octanol–water partition coefficient (Wildman–Crippen LogP) is 5.00. The molecule has 1 heterocycles. The van der Waals surface area contributed by atoms with Gasteiger partial charge in [-0.2, -0.15) is 5.26 Å². The zero-order valence-electron chi connectivity index (χ0n) is 18.9. The molecule has 174 valence electrons. The van der Waals surface area contributed by atoms with E-state index in [9.17, 15) is 8.42 Å². The summed E-state index contributed by atoms with van der Waals surface area (Å²) in [6.45, 7) is 3.99. The minimum atomic E-state index is -3.70. The molecule has 0 saturated heterocycles. The number of ether oxygens (including phenoxy) is 1. The van der Waals surface area contributed by atoms with E-state index in [2.05, 4.69) is 15.4 Å². The highest BCUT2D eigenvalue weighted by molar-refractivity contribution is 7.92. The lowest BCUT2D eigenvalue weighted by Crippen LogP contribution is -2.12. The van der Waals surface area contributed by atoms with Crippen LogP contribution in [0.3, 0.4) is 0 Å². The van der Waals surface area contributed by atoms with Crippen LogP contribution in [0.5, 0.6) is 0 Å². The maximum absolute atomic E-state index is 12.7. The summed E-state index contributed by atoms with van der Waals surface area (Å²) in [4.78, 5) is 5.05. The first-order chi connectivity index (χ1) is 16.5. The van der Waals surface area contributed by atoms with Crippen LogP contribution in [0, 0.1) is 11.3 Å². The number of imidazole rings is 1. The van der Waals surface area contributed by atoms with E-state index in [1.54, 1.807) is 42.5 Å². The van der Waals surface area contributed by atoms with Crippen LogP contribution in [-0.2, 0) is 27.7 Å².